The molecule has 8 heteroatoms. The smallest absolute Gasteiger partial charge is 0.284 e. The molecule has 0 saturated carbocycles. The second kappa shape index (κ2) is 6.70. The molecule has 0 spiro atoms. The summed E-state index contributed by atoms with van der Waals surface area (Å²) in [6.45, 7) is -0.554. The number of carbonyl (C=O) groups is 3. The maximum atomic E-state index is 13.2. The van der Waals surface area contributed by atoms with Crippen molar-refractivity contribution in [2.45, 2.75) is 0 Å². The number of hydrogen-bond acceptors (Lipinski definition) is 4. The molecule has 0 bridgehead atoms. The molecule has 0 radical (unpaired) electrons. The molecule has 1 fully saturated rings. The number of carbonyl (C=O) groups excluding carboxylic acids is 3. The van der Waals surface area contributed by atoms with Crippen LogP contribution in [0.3, 0.4) is 0 Å². The van der Waals surface area contributed by atoms with E-state index in [2.05, 4.69) is 0 Å². The van der Waals surface area contributed by atoms with Crippen LogP contribution in [0.25, 0.3) is 0 Å². The number of benzene rings is 2. The number of para-hydroxylation sites is 1. The van der Waals surface area contributed by atoms with Gasteiger partial charge in [0.05, 0.1) is 0 Å². The van der Waals surface area contributed by atoms with Crippen molar-refractivity contribution >= 4 is 23.5 Å². The van der Waals surface area contributed by atoms with Crippen molar-refractivity contribution < 1.29 is 18.8 Å². The van der Waals surface area contributed by atoms with Crippen molar-refractivity contribution in [3.63, 3.8) is 0 Å². The maximum Gasteiger partial charge on any atom is 0.333 e. The lowest BCUT2D eigenvalue weighted by Crippen LogP contribution is -2.48. The molecule has 4 amide bonds. The second-order valence-electron chi connectivity index (χ2n) is 5.45. The van der Waals surface area contributed by atoms with Crippen LogP contribution in [0.2, 0.25) is 0 Å². The highest BCUT2D eigenvalue weighted by molar-refractivity contribution is 6.12. The lowest BCUT2D eigenvalue weighted by molar-refractivity contribution is -0.126. The van der Waals surface area contributed by atoms with Gasteiger partial charge in [-0.25, -0.2) is 19.9 Å². The maximum absolute atomic E-state index is 13.2. The summed E-state index contributed by atoms with van der Waals surface area (Å²) < 4.78 is 13.2. The summed E-state index contributed by atoms with van der Waals surface area (Å²) in [6, 6.07) is 13.1. The van der Waals surface area contributed by atoms with Crippen molar-refractivity contribution in [3.8, 4) is 0 Å². The molecular weight excluding hydrogens is 327 g/mol. The molecule has 7 nitrogen and oxygen atoms in total. The number of hydrazine groups is 1. The van der Waals surface area contributed by atoms with Crippen LogP contribution in [-0.4, -0.2) is 41.0 Å². The number of imide groups is 1. The number of urea groups is 1. The minimum Gasteiger partial charge on any atom is -0.284 e. The third kappa shape index (κ3) is 3.33. The Morgan fingerprint density at radius 1 is 1.12 bits per heavy atom. The van der Waals surface area contributed by atoms with Crippen LogP contribution in [0.1, 0.15) is 10.4 Å². The largest absolute Gasteiger partial charge is 0.333 e. The van der Waals surface area contributed by atoms with E-state index in [1.165, 1.54) is 23.1 Å². The molecule has 2 aromatic rings. The zero-order valence-corrected chi connectivity index (χ0v) is 13.1. The Bertz CT molecular complexity index is 828. The van der Waals surface area contributed by atoms with E-state index in [0.29, 0.717) is 10.7 Å². The molecule has 0 atom stereocenters. The fraction of sp³-hybridized carbons (Fsp3) is 0.118. The van der Waals surface area contributed by atoms with Crippen LogP contribution < -0.4 is 10.7 Å². The van der Waals surface area contributed by atoms with E-state index >= 15 is 0 Å². The Kier molecular flexibility index (Phi) is 4.44. The molecule has 2 N–H and O–H groups in total. The van der Waals surface area contributed by atoms with Gasteiger partial charge >= 0.3 is 6.03 Å². The van der Waals surface area contributed by atoms with E-state index in [1.54, 1.807) is 30.3 Å². The average molecular weight is 342 g/mol. The summed E-state index contributed by atoms with van der Waals surface area (Å²) in [5.41, 5.74) is 0.602. The SMILES string of the molecule is NN(CN1C(=O)CN(c2ccccc2)C1=O)C(=O)c1cccc(F)c1. The minimum atomic E-state index is -0.696. The van der Waals surface area contributed by atoms with E-state index in [1.807, 2.05) is 0 Å². The van der Waals surface area contributed by atoms with Gasteiger partial charge in [0, 0.05) is 11.3 Å². The fourth-order valence-corrected chi connectivity index (χ4v) is 2.49. The van der Waals surface area contributed by atoms with Gasteiger partial charge in [-0.1, -0.05) is 24.3 Å². The monoisotopic (exact) mass is 342 g/mol. The van der Waals surface area contributed by atoms with Crippen LogP contribution in [0, 0.1) is 5.82 Å². The number of halogens is 1. The van der Waals surface area contributed by atoms with Crippen LogP contribution in [-0.2, 0) is 4.79 Å². The zero-order valence-electron chi connectivity index (χ0n) is 13.1. The first-order valence-corrected chi connectivity index (χ1v) is 7.46. The molecule has 3 rings (SSSR count). The van der Waals surface area contributed by atoms with Gasteiger partial charge in [0.25, 0.3) is 11.8 Å². The highest BCUT2D eigenvalue weighted by Gasteiger charge is 2.38. The summed E-state index contributed by atoms with van der Waals surface area (Å²) >= 11 is 0. The third-order valence-electron chi connectivity index (χ3n) is 3.75. The summed E-state index contributed by atoms with van der Waals surface area (Å²) in [6.07, 6.45) is 0. The number of hydrogen-bond donors (Lipinski definition) is 1. The van der Waals surface area contributed by atoms with Gasteiger partial charge in [-0.2, -0.15) is 0 Å². The van der Waals surface area contributed by atoms with E-state index in [0.717, 1.165) is 11.0 Å². The Labute approximate surface area is 143 Å². The summed E-state index contributed by atoms with van der Waals surface area (Å²) in [5.74, 6) is 3.93. The predicted molar refractivity (Wildman–Crippen MR) is 87.7 cm³/mol. The van der Waals surface area contributed by atoms with E-state index < -0.39 is 30.3 Å². The van der Waals surface area contributed by atoms with Gasteiger partial charge in [0.2, 0.25) is 0 Å². The van der Waals surface area contributed by atoms with Crippen molar-refractivity contribution in [1.82, 2.24) is 9.91 Å². The van der Waals surface area contributed by atoms with Gasteiger partial charge in [-0.15, -0.1) is 0 Å². The summed E-state index contributed by atoms with van der Waals surface area (Å²) in [5, 5.41) is 0.707. The van der Waals surface area contributed by atoms with Gasteiger partial charge in [0.1, 0.15) is 19.0 Å². The highest BCUT2D eigenvalue weighted by Crippen LogP contribution is 2.20. The summed E-state index contributed by atoms with van der Waals surface area (Å²) in [7, 11) is 0. The van der Waals surface area contributed by atoms with E-state index in [-0.39, 0.29) is 12.1 Å². The Morgan fingerprint density at radius 3 is 2.52 bits per heavy atom. The molecule has 2 aromatic carbocycles. The zero-order chi connectivity index (χ0) is 18.0. The second-order valence-corrected chi connectivity index (χ2v) is 5.45. The fourth-order valence-electron chi connectivity index (χ4n) is 2.49. The number of nitrogens with zero attached hydrogens (tertiary/aromatic N) is 3. The first-order valence-electron chi connectivity index (χ1n) is 7.46. The van der Waals surface area contributed by atoms with Crippen molar-refractivity contribution in [2.75, 3.05) is 18.1 Å². The first kappa shape index (κ1) is 16.6. The van der Waals surface area contributed by atoms with Gasteiger partial charge < -0.3 is 0 Å². The molecule has 128 valence electrons. The first-order chi connectivity index (χ1) is 12.0. The van der Waals surface area contributed by atoms with Gasteiger partial charge in [-0.05, 0) is 30.3 Å². The number of anilines is 1. The average Bonchev–Trinajstić information content (AvgIpc) is 2.90. The number of nitrogens with two attached hydrogens (primary N) is 1. The molecule has 25 heavy (non-hydrogen) atoms. The quantitative estimate of drug-likeness (QED) is 0.395. The minimum absolute atomic E-state index is 0.0292. The van der Waals surface area contributed by atoms with Crippen molar-refractivity contribution in [1.29, 1.82) is 0 Å². The van der Waals surface area contributed by atoms with E-state index in [9.17, 15) is 18.8 Å². The lowest BCUT2D eigenvalue weighted by Gasteiger charge is -2.23. The Morgan fingerprint density at radius 2 is 1.84 bits per heavy atom. The Balaban J connectivity index is 1.73. The van der Waals surface area contributed by atoms with Crippen LogP contribution in [0.4, 0.5) is 14.9 Å². The van der Waals surface area contributed by atoms with Gasteiger partial charge in [0.15, 0.2) is 0 Å². The van der Waals surface area contributed by atoms with E-state index in [4.69, 9.17) is 5.84 Å². The van der Waals surface area contributed by atoms with Gasteiger partial charge in [-0.3, -0.25) is 19.5 Å². The van der Waals surface area contributed by atoms with Crippen LogP contribution >= 0.6 is 0 Å². The molecule has 1 aliphatic heterocycles. The number of amides is 4. The standard InChI is InChI=1S/C17H15FN4O3/c18-13-6-4-5-12(9-13)16(24)22(19)11-21-15(23)10-20(17(21)25)14-7-2-1-3-8-14/h1-9H,10-11,19H2. The predicted octanol–water partition coefficient (Wildman–Crippen LogP) is 1.57. The molecule has 1 saturated heterocycles. The molecule has 0 aromatic heterocycles. The molecule has 1 aliphatic rings. The van der Waals surface area contributed by atoms with Crippen LogP contribution in [0.15, 0.2) is 54.6 Å². The summed E-state index contributed by atoms with van der Waals surface area (Å²) in [4.78, 5) is 39.0. The topological polar surface area (TPSA) is 86.9 Å². The van der Waals surface area contributed by atoms with Crippen LogP contribution in [0.5, 0.6) is 0 Å². The lowest BCUT2D eigenvalue weighted by atomic mass is 10.2. The third-order valence-corrected chi connectivity index (χ3v) is 3.75. The molecule has 1 heterocycles. The van der Waals surface area contributed by atoms with Crippen molar-refractivity contribution in [3.05, 3.63) is 66.0 Å². The van der Waals surface area contributed by atoms with Crippen molar-refractivity contribution in [2.24, 2.45) is 5.84 Å². The Hall–Kier alpha value is -3.26. The molecule has 0 aliphatic carbocycles. The molecular formula is C17H15FN4O3. The number of rotatable bonds is 4. The highest BCUT2D eigenvalue weighted by atomic mass is 19.1. The normalized spacial score (nSPS) is 14.2. The molecule has 0 unspecified atom stereocenters.